The maximum Gasteiger partial charge on any atom is 0.343 e. The summed E-state index contributed by atoms with van der Waals surface area (Å²) in [6.45, 7) is 5.71. The molecule has 1 radical (unpaired) electrons. The molecule has 0 aliphatic heterocycles. The lowest BCUT2D eigenvalue weighted by molar-refractivity contribution is 0.585. The molecule has 0 atom stereocenters. The summed E-state index contributed by atoms with van der Waals surface area (Å²) in [5, 5.41) is 3.13. The van der Waals surface area contributed by atoms with Gasteiger partial charge in [-0.05, 0) is 51.1 Å². The minimum absolute atomic E-state index is 0.0555. The highest BCUT2D eigenvalue weighted by Gasteiger charge is 2.31. The van der Waals surface area contributed by atoms with Gasteiger partial charge in [0.05, 0.1) is 10.6 Å². The normalized spacial score (nSPS) is 12.2. The van der Waals surface area contributed by atoms with Crippen molar-refractivity contribution in [2.75, 3.05) is 10.0 Å². The first-order chi connectivity index (χ1) is 11.1. The van der Waals surface area contributed by atoms with Crippen molar-refractivity contribution in [1.82, 2.24) is 0 Å². The van der Waals surface area contributed by atoms with Gasteiger partial charge in [-0.25, -0.2) is 8.42 Å². The Hall–Kier alpha value is -2.06. The van der Waals surface area contributed by atoms with Crippen LogP contribution in [0.1, 0.15) is 19.4 Å². The van der Waals surface area contributed by atoms with E-state index in [1.54, 1.807) is 31.2 Å². The van der Waals surface area contributed by atoms with Crippen LogP contribution in [0, 0.1) is 13.0 Å². The first-order valence-electron chi connectivity index (χ1n) is 7.24. The van der Waals surface area contributed by atoms with Gasteiger partial charge in [0.15, 0.2) is 0 Å². The summed E-state index contributed by atoms with van der Waals surface area (Å²) in [5.41, 5.74) is 1.65. The quantitative estimate of drug-likeness (QED) is 0.766. The van der Waals surface area contributed by atoms with Crippen LogP contribution in [0.25, 0.3) is 0 Å². The highest BCUT2D eigenvalue weighted by Crippen LogP contribution is 2.21. The van der Waals surface area contributed by atoms with E-state index in [2.05, 4.69) is 16.1 Å². The van der Waals surface area contributed by atoms with Crippen molar-refractivity contribution in [1.29, 1.82) is 0 Å². The van der Waals surface area contributed by atoms with E-state index < -0.39 is 17.9 Å². The topological polar surface area (TPSA) is 92.3 Å². The maximum absolute atomic E-state index is 12.3. The van der Waals surface area contributed by atoms with Crippen LogP contribution in [0.2, 0.25) is 0 Å². The summed E-state index contributed by atoms with van der Waals surface area (Å²) in [6, 6.07) is 13.2. The van der Waals surface area contributed by atoms with Crippen molar-refractivity contribution in [3.05, 3.63) is 54.1 Å². The van der Waals surface area contributed by atoms with Crippen LogP contribution in [-0.4, -0.2) is 22.9 Å². The SMILES string of the molecule is Cc1ccc(S(=O)(=O)S(=O)(=O)Nc2[c]cc(NC(C)C)cc2)cc1. The second kappa shape index (κ2) is 6.82. The Labute approximate surface area is 142 Å². The van der Waals surface area contributed by atoms with E-state index >= 15 is 0 Å². The van der Waals surface area contributed by atoms with Crippen LogP contribution in [0.5, 0.6) is 0 Å². The maximum atomic E-state index is 12.3. The molecule has 0 bridgehead atoms. The van der Waals surface area contributed by atoms with E-state index in [-0.39, 0.29) is 16.6 Å². The van der Waals surface area contributed by atoms with Crippen LogP contribution in [0.15, 0.2) is 47.4 Å². The van der Waals surface area contributed by atoms with Crippen molar-refractivity contribution in [2.24, 2.45) is 0 Å². The summed E-state index contributed by atoms with van der Waals surface area (Å²) in [6.07, 6.45) is 0. The summed E-state index contributed by atoms with van der Waals surface area (Å²) < 4.78 is 51.1. The average molecular weight is 367 g/mol. The van der Waals surface area contributed by atoms with Crippen LogP contribution >= 0.6 is 0 Å². The summed E-state index contributed by atoms with van der Waals surface area (Å²) in [5.74, 6) is 0. The van der Waals surface area contributed by atoms with Gasteiger partial charge < -0.3 is 5.32 Å². The average Bonchev–Trinajstić information content (AvgIpc) is 2.49. The highest BCUT2D eigenvalue weighted by molar-refractivity contribution is 8.67. The molecule has 8 heteroatoms. The Morgan fingerprint density at radius 3 is 2.08 bits per heavy atom. The third-order valence-corrected chi connectivity index (χ3v) is 7.56. The highest BCUT2D eigenvalue weighted by atomic mass is 33.2. The molecule has 2 rings (SSSR count). The Morgan fingerprint density at radius 2 is 1.58 bits per heavy atom. The predicted molar refractivity (Wildman–Crippen MR) is 94.9 cm³/mol. The van der Waals surface area contributed by atoms with E-state index in [1.807, 2.05) is 13.8 Å². The molecular formula is C16H19N2O4S2. The summed E-state index contributed by atoms with van der Waals surface area (Å²) >= 11 is 0. The molecular weight excluding hydrogens is 348 g/mol. The van der Waals surface area contributed by atoms with Gasteiger partial charge in [0.1, 0.15) is 0 Å². The summed E-state index contributed by atoms with van der Waals surface area (Å²) in [7, 11) is -9.20. The molecule has 2 aromatic rings. The first kappa shape index (κ1) is 18.3. The third-order valence-electron chi connectivity index (χ3n) is 3.10. The molecule has 129 valence electrons. The molecule has 0 spiro atoms. The lowest BCUT2D eigenvalue weighted by Crippen LogP contribution is -2.23. The number of benzene rings is 2. The van der Waals surface area contributed by atoms with E-state index in [0.717, 1.165) is 11.3 Å². The molecule has 0 aromatic heterocycles. The van der Waals surface area contributed by atoms with Gasteiger partial charge >= 0.3 is 9.06 Å². The number of hydrogen-bond acceptors (Lipinski definition) is 5. The van der Waals surface area contributed by atoms with Crippen LogP contribution in [0.3, 0.4) is 0 Å². The minimum atomic E-state index is -4.64. The first-order valence-corrected chi connectivity index (χ1v) is 10.7. The van der Waals surface area contributed by atoms with E-state index in [4.69, 9.17) is 0 Å². The molecule has 0 fully saturated rings. The largest absolute Gasteiger partial charge is 0.383 e. The molecule has 2 aromatic carbocycles. The second-order valence-electron chi connectivity index (χ2n) is 5.61. The standard InChI is InChI=1S/C16H19N2O4S2/c1-12(2)17-14-6-8-15(9-7-14)18-24(21,22)23(19,20)16-10-4-13(3)5-11-16/h4-8,10-12,17-18H,1-3H3. The molecule has 24 heavy (non-hydrogen) atoms. The number of nitrogens with one attached hydrogen (secondary N) is 2. The van der Waals surface area contributed by atoms with Crippen molar-refractivity contribution in [2.45, 2.75) is 31.7 Å². The molecule has 0 saturated heterocycles. The van der Waals surface area contributed by atoms with Crippen molar-refractivity contribution >= 4 is 29.3 Å². The number of anilines is 2. The van der Waals surface area contributed by atoms with Crippen molar-refractivity contribution < 1.29 is 16.8 Å². The zero-order valence-corrected chi connectivity index (χ0v) is 15.2. The van der Waals surface area contributed by atoms with Gasteiger partial charge in [-0.1, -0.05) is 17.7 Å². The fourth-order valence-electron chi connectivity index (χ4n) is 1.93. The van der Waals surface area contributed by atoms with E-state index in [0.29, 0.717) is 0 Å². The molecule has 0 aliphatic carbocycles. The zero-order chi connectivity index (χ0) is 18.0. The number of rotatable bonds is 6. The third kappa shape index (κ3) is 4.07. The minimum Gasteiger partial charge on any atom is -0.383 e. The Kier molecular flexibility index (Phi) is 5.19. The zero-order valence-electron chi connectivity index (χ0n) is 13.6. The van der Waals surface area contributed by atoms with Crippen LogP contribution < -0.4 is 10.0 Å². The van der Waals surface area contributed by atoms with Gasteiger partial charge in [0.25, 0.3) is 8.87 Å². The molecule has 0 saturated carbocycles. The monoisotopic (exact) mass is 367 g/mol. The fourth-order valence-corrected chi connectivity index (χ4v) is 4.85. The molecule has 0 aliphatic rings. The van der Waals surface area contributed by atoms with E-state index in [9.17, 15) is 16.8 Å². The van der Waals surface area contributed by atoms with Gasteiger partial charge in [-0.2, -0.15) is 8.42 Å². The predicted octanol–water partition coefficient (Wildman–Crippen LogP) is 2.75. The van der Waals surface area contributed by atoms with Gasteiger partial charge in [0, 0.05) is 17.8 Å². The second-order valence-corrected chi connectivity index (χ2v) is 10.7. The fraction of sp³-hybridized carbons (Fsp3) is 0.250. The van der Waals surface area contributed by atoms with Gasteiger partial charge in [0.2, 0.25) is 0 Å². The Bertz CT molecular complexity index is 902. The lowest BCUT2D eigenvalue weighted by Gasteiger charge is -2.12. The number of aryl methyl sites for hydroxylation is 1. The molecule has 6 nitrogen and oxygen atoms in total. The lowest BCUT2D eigenvalue weighted by atomic mass is 10.2. The molecule has 0 amide bonds. The smallest absolute Gasteiger partial charge is 0.343 e. The molecule has 0 unspecified atom stereocenters. The van der Waals surface area contributed by atoms with Crippen LogP contribution in [-0.2, 0) is 17.9 Å². The Morgan fingerprint density at radius 1 is 0.958 bits per heavy atom. The van der Waals surface area contributed by atoms with Crippen LogP contribution in [0.4, 0.5) is 11.4 Å². The molecule has 0 heterocycles. The van der Waals surface area contributed by atoms with E-state index in [1.165, 1.54) is 18.2 Å². The van der Waals surface area contributed by atoms with Gasteiger partial charge in [-0.15, -0.1) is 0 Å². The Balaban J connectivity index is 2.25. The van der Waals surface area contributed by atoms with Gasteiger partial charge in [-0.3, -0.25) is 4.72 Å². The van der Waals surface area contributed by atoms with Crippen molar-refractivity contribution in [3.63, 3.8) is 0 Å². The van der Waals surface area contributed by atoms with Crippen molar-refractivity contribution in [3.8, 4) is 0 Å². The molecule has 2 N–H and O–H groups in total. The summed E-state index contributed by atoms with van der Waals surface area (Å²) in [4.78, 5) is -0.279. The number of hydrogen-bond donors (Lipinski definition) is 2.